The van der Waals surface area contributed by atoms with E-state index in [-0.39, 0.29) is 13.0 Å². The van der Waals surface area contributed by atoms with E-state index in [0.717, 1.165) is 40.6 Å². The quantitative estimate of drug-likeness (QED) is 0.697. The summed E-state index contributed by atoms with van der Waals surface area (Å²) in [4.78, 5) is 24.0. The number of aryl methyl sites for hydroxylation is 1. The molecule has 1 aliphatic carbocycles. The van der Waals surface area contributed by atoms with Gasteiger partial charge in [0.05, 0.1) is 5.52 Å². The van der Waals surface area contributed by atoms with E-state index in [1.165, 1.54) is 4.40 Å². The molecule has 0 atom stereocenters. The first kappa shape index (κ1) is 17.7. The minimum atomic E-state index is -1.18. The van der Waals surface area contributed by atoms with Crippen LogP contribution in [0.15, 0.2) is 47.4 Å². The van der Waals surface area contributed by atoms with Gasteiger partial charge >= 0.3 is 5.97 Å². The van der Waals surface area contributed by atoms with Crippen molar-refractivity contribution in [2.75, 3.05) is 5.73 Å². The standard InChI is InChI=1S/C20H18N2O3.CH4/c1-11-15(12-4-6-14(21)7-5-12)8-9-22-18(11)16(13-2-3-13)10-17(19(22)23)20(24)25;/h4-10,13H,2-3,21H2,1H3,(H,24,25);1H4. The van der Waals surface area contributed by atoms with Crippen LogP contribution in [0.25, 0.3) is 16.6 Å². The second-order valence-electron chi connectivity index (χ2n) is 6.59. The second kappa shape index (κ2) is 6.33. The van der Waals surface area contributed by atoms with Gasteiger partial charge in [-0.15, -0.1) is 0 Å². The summed E-state index contributed by atoms with van der Waals surface area (Å²) in [6.07, 6.45) is 3.73. The Morgan fingerprint density at radius 3 is 2.42 bits per heavy atom. The van der Waals surface area contributed by atoms with Crippen molar-refractivity contribution >= 4 is 17.2 Å². The fraction of sp³-hybridized carbons (Fsp3) is 0.238. The predicted octanol–water partition coefficient (Wildman–Crippen LogP) is 4.07. The van der Waals surface area contributed by atoms with Gasteiger partial charge in [-0.2, -0.15) is 0 Å². The summed E-state index contributed by atoms with van der Waals surface area (Å²) in [5, 5.41) is 9.35. The van der Waals surface area contributed by atoms with Crippen molar-refractivity contribution in [2.45, 2.75) is 33.1 Å². The summed E-state index contributed by atoms with van der Waals surface area (Å²) < 4.78 is 1.48. The molecule has 0 radical (unpaired) electrons. The molecule has 0 unspecified atom stereocenters. The normalized spacial score (nSPS) is 13.4. The van der Waals surface area contributed by atoms with Gasteiger partial charge in [0.2, 0.25) is 0 Å². The Labute approximate surface area is 151 Å². The molecule has 0 aliphatic heterocycles. The minimum absolute atomic E-state index is 0. The molecule has 26 heavy (non-hydrogen) atoms. The number of aromatic carboxylic acids is 1. The van der Waals surface area contributed by atoms with Crippen LogP contribution < -0.4 is 11.3 Å². The van der Waals surface area contributed by atoms with Crippen LogP contribution in [0.2, 0.25) is 0 Å². The third kappa shape index (κ3) is 2.75. The van der Waals surface area contributed by atoms with Crippen molar-refractivity contribution in [1.82, 2.24) is 4.40 Å². The third-order valence-electron chi connectivity index (χ3n) is 4.88. The van der Waals surface area contributed by atoms with Gasteiger partial charge in [-0.1, -0.05) is 19.6 Å². The zero-order valence-electron chi connectivity index (χ0n) is 13.8. The maximum Gasteiger partial charge on any atom is 0.341 e. The SMILES string of the molecule is C.Cc1c(-c2ccc(N)cc2)ccn2c(=O)c(C(=O)O)cc(C3CC3)c12. The van der Waals surface area contributed by atoms with Crippen LogP contribution in [-0.2, 0) is 0 Å². The summed E-state index contributed by atoms with van der Waals surface area (Å²) in [7, 11) is 0. The molecule has 1 aromatic carbocycles. The Hall–Kier alpha value is -3.08. The lowest BCUT2D eigenvalue weighted by atomic mass is 9.96. The molecule has 2 aromatic heterocycles. The van der Waals surface area contributed by atoms with Crippen molar-refractivity contribution in [1.29, 1.82) is 0 Å². The Morgan fingerprint density at radius 1 is 1.19 bits per heavy atom. The molecule has 0 spiro atoms. The lowest BCUT2D eigenvalue weighted by Gasteiger charge is -2.15. The first-order valence-electron chi connectivity index (χ1n) is 8.25. The number of nitrogen functional groups attached to an aromatic ring is 1. The summed E-state index contributed by atoms with van der Waals surface area (Å²) in [6, 6.07) is 11.0. The van der Waals surface area contributed by atoms with E-state index in [0.29, 0.717) is 11.6 Å². The smallest absolute Gasteiger partial charge is 0.341 e. The highest BCUT2D eigenvalue weighted by Crippen LogP contribution is 2.43. The van der Waals surface area contributed by atoms with E-state index in [2.05, 4.69) is 0 Å². The number of nitrogens with two attached hydrogens (primary N) is 1. The van der Waals surface area contributed by atoms with E-state index in [9.17, 15) is 14.7 Å². The van der Waals surface area contributed by atoms with E-state index in [1.54, 1.807) is 12.3 Å². The van der Waals surface area contributed by atoms with Gasteiger partial charge in [0.1, 0.15) is 5.56 Å². The average Bonchev–Trinajstić information content (AvgIpc) is 3.41. The van der Waals surface area contributed by atoms with E-state index < -0.39 is 11.5 Å². The van der Waals surface area contributed by atoms with Crippen molar-refractivity contribution in [3.05, 3.63) is 69.6 Å². The monoisotopic (exact) mass is 350 g/mol. The summed E-state index contributed by atoms with van der Waals surface area (Å²) >= 11 is 0. The number of carboxylic acids is 1. The van der Waals surface area contributed by atoms with Gasteiger partial charge in [0.25, 0.3) is 5.56 Å². The lowest BCUT2D eigenvalue weighted by Crippen LogP contribution is -2.23. The van der Waals surface area contributed by atoms with Crippen molar-refractivity contribution < 1.29 is 9.90 Å². The van der Waals surface area contributed by atoms with Gasteiger partial charge in [-0.25, -0.2) is 4.79 Å². The van der Waals surface area contributed by atoms with Crippen LogP contribution in [-0.4, -0.2) is 15.5 Å². The molecule has 0 bridgehead atoms. The maximum absolute atomic E-state index is 12.6. The molecule has 5 heteroatoms. The fourth-order valence-electron chi connectivity index (χ4n) is 3.43. The van der Waals surface area contributed by atoms with Gasteiger partial charge in [0, 0.05) is 11.9 Å². The average molecular weight is 350 g/mol. The molecule has 0 amide bonds. The number of nitrogens with zero attached hydrogens (tertiary/aromatic N) is 1. The van der Waals surface area contributed by atoms with Crippen LogP contribution in [0.3, 0.4) is 0 Å². The second-order valence-corrected chi connectivity index (χ2v) is 6.59. The molecule has 1 fully saturated rings. The first-order chi connectivity index (χ1) is 12.0. The number of hydrogen-bond acceptors (Lipinski definition) is 3. The molecule has 5 nitrogen and oxygen atoms in total. The zero-order valence-corrected chi connectivity index (χ0v) is 13.8. The molecular weight excluding hydrogens is 328 g/mol. The molecule has 0 saturated heterocycles. The third-order valence-corrected chi connectivity index (χ3v) is 4.88. The highest BCUT2D eigenvalue weighted by molar-refractivity contribution is 5.89. The maximum atomic E-state index is 12.6. The number of fused-ring (bicyclic) bond motifs is 1. The molecule has 134 valence electrons. The highest BCUT2D eigenvalue weighted by atomic mass is 16.4. The molecule has 1 aliphatic rings. The van der Waals surface area contributed by atoms with E-state index in [4.69, 9.17) is 5.73 Å². The molecule has 4 rings (SSSR count). The zero-order chi connectivity index (χ0) is 17.7. The van der Waals surface area contributed by atoms with E-state index in [1.807, 2.05) is 37.3 Å². The summed E-state index contributed by atoms with van der Waals surface area (Å²) in [5.74, 6) is -0.851. The number of benzene rings is 1. The Morgan fingerprint density at radius 2 is 1.85 bits per heavy atom. The first-order valence-corrected chi connectivity index (χ1v) is 8.25. The van der Waals surface area contributed by atoms with Gasteiger partial charge < -0.3 is 10.8 Å². The molecular formula is C21H22N2O3. The Bertz CT molecular complexity index is 1060. The van der Waals surface area contributed by atoms with Crippen molar-refractivity contribution in [3.63, 3.8) is 0 Å². The van der Waals surface area contributed by atoms with E-state index >= 15 is 0 Å². The van der Waals surface area contributed by atoms with Gasteiger partial charge in [-0.05, 0) is 72.2 Å². The number of carboxylic acid groups (broad SMARTS) is 1. The largest absolute Gasteiger partial charge is 0.477 e. The number of anilines is 1. The topological polar surface area (TPSA) is 84.8 Å². The highest BCUT2D eigenvalue weighted by Gasteiger charge is 2.29. The van der Waals surface area contributed by atoms with Crippen LogP contribution in [0.5, 0.6) is 0 Å². The van der Waals surface area contributed by atoms with Crippen molar-refractivity contribution in [2.24, 2.45) is 0 Å². The minimum Gasteiger partial charge on any atom is -0.477 e. The van der Waals surface area contributed by atoms with Crippen LogP contribution in [0, 0.1) is 6.92 Å². The predicted molar refractivity (Wildman–Crippen MR) is 104 cm³/mol. The lowest BCUT2D eigenvalue weighted by molar-refractivity contribution is 0.0694. The summed E-state index contributed by atoms with van der Waals surface area (Å²) in [5.41, 5.74) is 10.6. The van der Waals surface area contributed by atoms with Crippen molar-refractivity contribution in [3.8, 4) is 11.1 Å². The van der Waals surface area contributed by atoms with Gasteiger partial charge in [-0.3, -0.25) is 9.20 Å². The van der Waals surface area contributed by atoms with Crippen LogP contribution >= 0.6 is 0 Å². The molecule has 3 N–H and O–H groups in total. The molecule has 2 heterocycles. The summed E-state index contributed by atoms with van der Waals surface area (Å²) in [6.45, 7) is 1.98. The van der Waals surface area contributed by atoms with Gasteiger partial charge in [0.15, 0.2) is 0 Å². The van der Waals surface area contributed by atoms with Crippen LogP contribution in [0.1, 0.15) is 47.7 Å². The number of hydrogen-bond donors (Lipinski definition) is 2. The molecule has 1 saturated carbocycles. The number of aromatic nitrogens is 1. The number of pyridine rings is 2. The Kier molecular flexibility index (Phi) is 4.32. The number of rotatable bonds is 3. The Balaban J connectivity index is 0.00000196. The number of carbonyl (C=O) groups is 1. The van der Waals surface area contributed by atoms with Crippen LogP contribution in [0.4, 0.5) is 5.69 Å². The molecule has 3 aromatic rings. The fourth-order valence-corrected chi connectivity index (χ4v) is 3.43.